The summed E-state index contributed by atoms with van der Waals surface area (Å²) in [6.45, 7) is 2.80. The van der Waals surface area contributed by atoms with E-state index in [1.54, 1.807) is 0 Å². The summed E-state index contributed by atoms with van der Waals surface area (Å²) in [5, 5.41) is 6.02. The highest BCUT2D eigenvalue weighted by Crippen LogP contribution is 2.16. The number of amides is 1. The molecule has 1 unspecified atom stereocenters. The zero-order chi connectivity index (χ0) is 11.8. The molecule has 0 spiro atoms. The fourth-order valence-electron chi connectivity index (χ4n) is 1.88. The van der Waals surface area contributed by atoms with Crippen molar-refractivity contribution in [2.24, 2.45) is 0 Å². The third-order valence-corrected chi connectivity index (χ3v) is 4.18. The SMILES string of the molecule is CCS(=O)CCNC(=O)CNC1CCCC1. The lowest BCUT2D eigenvalue weighted by atomic mass is 10.2. The van der Waals surface area contributed by atoms with E-state index in [0.717, 1.165) is 0 Å². The van der Waals surface area contributed by atoms with Crippen LogP contribution in [0.15, 0.2) is 0 Å². The molecule has 0 saturated heterocycles. The Hall–Kier alpha value is -0.420. The number of hydrogen-bond acceptors (Lipinski definition) is 3. The Kier molecular flexibility index (Phi) is 6.64. The van der Waals surface area contributed by atoms with E-state index in [1.165, 1.54) is 25.7 Å². The van der Waals surface area contributed by atoms with Gasteiger partial charge in [-0.3, -0.25) is 9.00 Å². The van der Waals surface area contributed by atoms with Gasteiger partial charge in [-0.05, 0) is 12.8 Å². The first-order chi connectivity index (χ1) is 7.72. The molecule has 1 aliphatic carbocycles. The molecule has 0 aromatic carbocycles. The molecule has 0 aliphatic heterocycles. The topological polar surface area (TPSA) is 58.2 Å². The van der Waals surface area contributed by atoms with Crippen LogP contribution in [0.3, 0.4) is 0 Å². The minimum Gasteiger partial charge on any atom is -0.354 e. The van der Waals surface area contributed by atoms with Crippen molar-refractivity contribution in [3.63, 3.8) is 0 Å². The van der Waals surface area contributed by atoms with E-state index >= 15 is 0 Å². The van der Waals surface area contributed by atoms with E-state index in [9.17, 15) is 9.00 Å². The number of carbonyl (C=O) groups is 1. The smallest absolute Gasteiger partial charge is 0.233 e. The van der Waals surface area contributed by atoms with Crippen LogP contribution in [0, 0.1) is 0 Å². The Morgan fingerprint density at radius 2 is 2.06 bits per heavy atom. The lowest BCUT2D eigenvalue weighted by Crippen LogP contribution is -2.39. The van der Waals surface area contributed by atoms with Crippen molar-refractivity contribution < 1.29 is 9.00 Å². The normalized spacial score (nSPS) is 18.6. The molecule has 0 aromatic rings. The van der Waals surface area contributed by atoms with Crippen LogP contribution < -0.4 is 10.6 Å². The van der Waals surface area contributed by atoms with Crippen molar-refractivity contribution in [2.75, 3.05) is 24.6 Å². The second kappa shape index (κ2) is 7.79. The van der Waals surface area contributed by atoms with Gasteiger partial charge in [0.25, 0.3) is 0 Å². The number of carbonyl (C=O) groups excluding carboxylic acids is 1. The molecule has 1 amide bonds. The number of hydrogen-bond donors (Lipinski definition) is 2. The lowest BCUT2D eigenvalue weighted by molar-refractivity contribution is -0.120. The van der Waals surface area contributed by atoms with E-state index in [1.807, 2.05) is 6.92 Å². The van der Waals surface area contributed by atoms with E-state index in [2.05, 4.69) is 10.6 Å². The minimum atomic E-state index is -0.784. The van der Waals surface area contributed by atoms with Crippen molar-refractivity contribution in [1.82, 2.24) is 10.6 Å². The van der Waals surface area contributed by atoms with Gasteiger partial charge in [0, 0.05) is 34.9 Å². The molecule has 1 saturated carbocycles. The second-order valence-corrected chi connectivity index (χ2v) is 6.01. The molecule has 1 rings (SSSR count). The van der Waals surface area contributed by atoms with Crippen molar-refractivity contribution in [3.8, 4) is 0 Å². The van der Waals surface area contributed by atoms with Crippen LogP contribution in [-0.4, -0.2) is 40.8 Å². The lowest BCUT2D eigenvalue weighted by Gasteiger charge is -2.11. The van der Waals surface area contributed by atoms with E-state index < -0.39 is 10.8 Å². The highest BCUT2D eigenvalue weighted by Gasteiger charge is 2.14. The third-order valence-electron chi connectivity index (χ3n) is 2.88. The maximum atomic E-state index is 11.4. The van der Waals surface area contributed by atoms with Crippen LogP contribution in [0.2, 0.25) is 0 Å². The molecular weight excluding hydrogens is 224 g/mol. The molecule has 1 fully saturated rings. The predicted octanol–water partition coefficient (Wildman–Crippen LogP) is 0.403. The van der Waals surface area contributed by atoms with Gasteiger partial charge in [0.2, 0.25) is 5.91 Å². The highest BCUT2D eigenvalue weighted by molar-refractivity contribution is 7.84. The fraction of sp³-hybridized carbons (Fsp3) is 0.909. The summed E-state index contributed by atoms with van der Waals surface area (Å²) in [5.74, 6) is 1.24. The Morgan fingerprint density at radius 3 is 2.69 bits per heavy atom. The second-order valence-electron chi connectivity index (χ2n) is 4.14. The first-order valence-electron chi connectivity index (χ1n) is 6.07. The minimum absolute atomic E-state index is 0.0139. The first kappa shape index (κ1) is 13.6. The molecule has 0 bridgehead atoms. The summed E-state index contributed by atoms with van der Waals surface area (Å²) >= 11 is 0. The average Bonchev–Trinajstić information content (AvgIpc) is 2.79. The standard InChI is InChI=1S/C11H22N2O2S/c1-2-16(15)8-7-12-11(14)9-13-10-5-3-4-6-10/h10,13H,2-9H2,1H3,(H,12,14). The zero-order valence-corrected chi connectivity index (χ0v) is 10.8. The molecule has 5 heteroatoms. The van der Waals surface area contributed by atoms with Gasteiger partial charge in [-0.25, -0.2) is 0 Å². The largest absolute Gasteiger partial charge is 0.354 e. The Morgan fingerprint density at radius 1 is 1.38 bits per heavy atom. The van der Waals surface area contributed by atoms with Gasteiger partial charge in [0.05, 0.1) is 6.54 Å². The molecule has 0 radical (unpaired) electrons. The van der Waals surface area contributed by atoms with Crippen molar-refractivity contribution in [1.29, 1.82) is 0 Å². The Balaban J connectivity index is 2.00. The van der Waals surface area contributed by atoms with Crippen molar-refractivity contribution >= 4 is 16.7 Å². The highest BCUT2D eigenvalue weighted by atomic mass is 32.2. The summed E-state index contributed by atoms with van der Waals surface area (Å²) in [6, 6.07) is 0.524. The molecular formula is C11H22N2O2S. The Labute approximate surface area is 100 Å². The van der Waals surface area contributed by atoms with Crippen LogP contribution in [0.5, 0.6) is 0 Å². The molecule has 1 atom stereocenters. The van der Waals surface area contributed by atoms with Gasteiger partial charge in [-0.2, -0.15) is 0 Å². The van der Waals surface area contributed by atoms with Gasteiger partial charge in [0.1, 0.15) is 0 Å². The molecule has 4 nitrogen and oxygen atoms in total. The van der Waals surface area contributed by atoms with Crippen LogP contribution in [0.4, 0.5) is 0 Å². The van der Waals surface area contributed by atoms with Gasteiger partial charge in [-0.15, -0.1) is 0 Å². The number of rotatable bonds is 7. The van der Waals surface area contributed by atoms with Crippen LogP contribution in [-0.2, 0) is 15.6 Å². The molecule has 94 valence electrons. The van der Waals surface area contributed by atoms with Gasteiger partial charge in [-0.1, -0.05) is 19.8 Å². The average molecular weight is 246 g/mol. The summed E-state index contributed by atoms with van der Waals surface area (Å²) in [7, 11) is -0.784. The molecule has 0 heterocycles. The molecule has 1 aliphatic rings. The third kappa shape index (κ3) is 5.61. The van der Waals surface area contributed by atoms with Crippen molar-refractivity contribution in [2.45, 2.75) is 38.6 Å². The molecule has 0 aromatic heterocycles. The van der Waals surface area contributed by atoms with Gasteiger partial charge < -0.3 is 10.6 Å². The van der Waals surface area contributed by atoms with E-state index in [0.29, 0.717) is 30.6 Å². The van der Waals surface area contributed by atoms with Gasteiger partial charge in [0.15, 0.2) is 0 Å². The van der Waals surface area contributed by atoms with E-state index in [-0.39, 0.29) is 5.91 Å². The van der Waals surface area contributed by atoms with Crippen LogP contribution in [0.25, 0.3) is 0 Å². The molecule has 16 heavy (non-hydrogen) atoms. The fourth-order valence-corrected chi connectivity index (χ4v) is 2.50. The van der Waals surface area contributed by atoms with Gasteiger partial charge >= 0.3 is 0 Å². The van der Waals surface area contributed by atoms with Crippen molar-refractivity contribution in [3.05, 3.63) is 0 Å². The predicted molar refractivity (Wildman–Crippen MR) is 66.8 cm³/mol. The maximum Gasteiger partial charge on any atom is 0.233 e. The summed E-state index contributed by atoms with van der Waals surface area (Å²) in [4.78, 5) is 11.4. The Bertz CT molecular complexity index is 240. The monoisotopic (exact) mass is 246 g/mol. The summed E-state index contributed by atoms with van der Waals surface area (Å²) < 4.78 is 11.1. The maximum absolute atomic E-state index is 11.4. The number of nitrogens with one attached hydrogen (secondary N) is 2. The molecule has 2 N–H and O–H groups in total. The first-order valence-corrected chi connectivity index (χ1v) is 7.56. The summed E-state index contributed by atoms with van der Waals surface area (Å²) in [5.41, 5.74) is 0. The van der Waals surface area contributed by atoms with E-state index in [4.69, 9.17) is 0 Å². The van der Waals surface area contributed by atoms with Crippen LogP contribution >= 0.6 is 0 Å². The van der Waals surface area contributed by atoms with Crippen LogP contribution in [0.1, 0.15) is 32.6 Å². The summed E-state index contributed by atoms with van der Waals surface area (Å²) in [6.07, 6.45) is 4.92. The zero-order valence-electron chi connectivity index (χ0n) is 9.96. The quantitative estimate of drug-likeness (QED) is 0.684.